The summed E-state index contributed by atoms with van der Waals surface area (Å²) in [7, 11) is 2.79. The number of ether oxygens (including phenoxy) is 2. The van der Waals surface area contributed by atoms with Crippen molar-refractivity contribution in [2.24, 2.45) is 47.3 Å². The van der Waals surface area contributed by atoms with Crippen LogP contribution >= 0.6 is 0 Å². The molecule has 8 atom stereocenters. The van der Waals surface area contributed by atoms with Gasteiger partial charge in [0, 0.05) is 14.2 Å². The van der Waals surface area contributed by atoms with E-state index in [2.05, 4.69) is 0 Å². The van der Waals surface area contributed by atoms with Gasteiger partial charge in [0.25, 0.3) is 5.97 Å². The van der Waals surface area contributed by atoms with Crippen LogP contribution in [-0.4, -0.2) is 36.4 Å². The summed E-state index contributed by atoms with van der Waals surface area (Å²) >= 11 is 0. The molecule has 0 saturated heterocycles. The van der Waals surface area contributed by atoms with Crippen LogP contribution in [0.3, 0.4) is 0 Å². The Hall–Kier alpha value is -0.650. The van der Waals surface area contributed by atoms with Crippen molar-refractivity contribution in [2.45, 2.75) is 31.7 Å². The zero-order valence-corrected chi connectivity index (χ0v) is 12.6. The summed E-state index contributed by atoms with van der Waals surface area (Å²) in [6, 6.07) is 0. The van der Waals surface area contributed by atoms with E-state index >= 15 is 0 Å². The largest absolute Gasteiger partial charge is 0.481 e. The van der Waals surface area contributed by atoms with Gasteiger partial charge in [0.05, 0.1) is 11.8 Å². The molecule has 2 N–H and O–H groups in total. The lowest BCUT2D eigenvalue weighted by Crippen LogP contribution is -2.53. The van der Waals surface area contributed by atoms with E-state index in [0.717, 1.165) is 18.3 Å². The Labute approximate surface area is 124 Å². The second-order valence-electron chi connectivity index (χ2n) is 7.48. The number of hydrogen-bond donors (Lipinski definition) is 2. The first-order chi connectivity index (χ1) is 10.0. The Morgan fingerprint density at radius 1 is 1.05 bits per heavy atom. The molecule has 8 unspecified atom stereocenters. The van der Waals surface area contributed by atoms with Crippen LogP contribution in [0.4, 0.5) is 0 Å². The van der Waals surface area contributed by atoms with Crippen molar-refractivity contribution in [1.82, 2.24) is 0 Å². The van der Waals surface area contributed by atoms with Crippen molar-refractivity contribution in [3.05, 3.63) is 0 Å². The third kappa shape index (κ3) is 1.60. The smallest absolute Gasteiger partial charge is 0.307 e. The van der Waals surface area contributed by atoms with Gasteiger partial charge in [-0.05, 0) is 61.2 Å². The normalized spacial score (nSPS) is 50.6. The van der Waals surface area contributed by atoms with E-state index in [4.69, 9.17) is 9.47 Å². The standard InChI is InChI=1S/C16H24O5/c1-20-16(19,21-2)14-10-6-9(13(14)15(17)18)11-7-3-4-8(5-7)12(10)11/h7-14,19H,3-6H2,1-2H3,(H,17,18). The number of rotatable bonds is 4. The first-order valence-electron chi connectivity index (χ1n) is 8.07. The third-order valence-corrected chi connectivity index (χ3v) is 7.18. The molecule has 0 aromatic carbocycles. The summed E-state index contributed by atoms with van der Waals surface area (Å²) < 4.78 is 10.4. The van der Waals surface area contributed by atoms with Gasteiger partial charge >= 0.3 is 5.97 Å². The van der Waals surface area contributed by atoms with Crippen molar-refractivity contribution in [1.29, 1.82) is 0 Å². The van der Waals surface area contributed by atoms with E-state index < -0.39 is 23.8 Å². The number of methoxy groups -OCH3 is 2. The summed E-state index contributed by atoms with van der Waals surface area (Å²) in [5.41, 5.74) is 0. The van der Waals surface area contributed by atoms with E-state index in [9.17, 15) is 15.0 Å². The van der Waals surface area contributed by atoms with Crippen LogP contribution in [0.15, 0.2) is 0 Å². The molecular formula is C16H24O5. The molecule has 0 radical (unpaired) electrons. The molecule has 4 bridgehead atoms. The van der Waals surface area contributed by atoms with Crippen molar-refractivity contribution >= 4 is 5.97 Å². The molecule has 118 valence electrons. The molecule has 4 rings (SSSR count). The maximum Gasteiger partial charge on any atom is 0.307 e. The molecule has 5 nitrogen and oxygen atoms in total. The first-order valence-corrected chi connectivity index (χ1v) is 8.07. The van der Waals surface area contributed by atoms with E-state index in [1.165, 1.54) is 33.5 Å². The molecule has 0 amide bonds. The maximum absolute atomic E-state index is 11.9. The number of carboxylic acids is 1. The maximum atomic E-state index is 11.9. The minimum atomic E-state index is -1.77. The van der Waals surface area contributed by atoms with Gasteiger partial charge in [0.2, 0.25) is 0 Å². The molecule has 0 aromatic rings. The van der Waals surface area contributed by atoms with Crippen molar-refractivity contribution in [2.75, 3.05) is 14.2 Å². The predicted octanol–water partition coefficient (Wildman–Crippen LogP) is 1.55. The van der Waals surface area contributed by atoms with Crippen molar-refractivity contribution in [3.8, 4) is 0 Å². The molecule has 4 aliphatic rings. The Morgan fingerprint density at radius 3 is 2.14 bits per heavy atom. The summed E-state index contributed by atoms with van der Waals surface area (Å²) in [6.45, 7) is 0. The highest BCUT2D eigenvalue weighted by Crippen LogP contribution is 2.71. The van der Waals surface area contributed by atoms with Crippen LogP contribution in [0.25, 0.3) is 0 Å². The molecule has 5 heteroatoms. The van der Waals surface area contributed by atoms with Gasteiger partial charge in [-0.3, -0.25) is 4.79 Å². The van der Waals surface area contributed by atoms with Gasteiger partial charge in [0.15, 0.2) is 0 Å². The fourth-order valence-electron chi connectivity index (χ4n) is 6.77. The topological polar surface area (TPSA) is 76.0 Å². The minimum absolute atomic E-state index is 0.189. The number of carbonyl (C=O) groups is 1. The lowest BCUT2D eigenvalue weighted by molar-refractivity contribution is -0.382. The zero-order chi connectivity index (χ0) is 14.9. The monoisotopic (exact) mass is 296 g/mol. The van der Waals surface area contributed by atoms with Gasteiger partial charge < -0.3 is 19.7 Å². The van der Waals surface area contributed by atoms with Crippen LogP contribution in [0.1, 0.15) is 25.7 Å². The van der Waals surface area contributed by atoms with Gasteiger partial charge in [-0.15, -0.1) is 0 Å². The van der Waals surface area contributed by atoms with Crippen LogP contribution in [0.5, 0.6) is 0 Å². The highest BCUT2D eigenvalue weighted by molar-refractivity contribution is 5.72. The Kier molecular flexibility index (Phi) is 2.95. The van der Waals surface area contributed by atoms with E-state index in [0.29, 0.717) is 11.8 Å². The lowest BCUT2D eigenvalue weighted by Gasteiger charge is -2.46. The average Bonchev–Trinajstić information content (AvgIpc) is 3.21. The molecule has 0 aliphatic heterocycles. The highest BCUT2D eigenvalue weighted by Gasteiger charge is 2.71. The SMILES string of the molecule is COC(O)(OC)C1C2CC(C1C(=O)O)C1C3CCC(C3)C21. The van der Waals surface area contributed by atoms with E-state index in [-0.39, 0.29) is 11.8 Å². The quantitative estimate of drug-likeness (QED) is 0.608. The van der Waals surface area contributed by atoms with Gasteiger partial charge in [-0.2, -0.15) is 0 Å². The summed E-state index contributed by atoms with van der Waals surface area (Å²) in [5, 5.41) is 20.4. The van der Waals surface area contributed by atoms with Gasteiger partial charge in [-0.25, -0.2) is 0 Å². The van der Waals surface area contributed by atoms with E-state index in [1.807, 2.05) is 0 Å². The fraction of sp³-hybridized carbons (Fsp3) is 0.938. The first kappa shape index (κ1) is 14.0. The van der Waals surface area contributed by atoms with Gasteiger partial charge in [-0.1, -0.05) is 0 Å². The number of hydrogen-bond acceptors (Lipinski definition) is 4. The number of fused-ring (bicyclic) bond motifs is 9. The third-order valence-electron chi connectivity index (χ3n) is 7.18. The summed E-state index contributed by atoms with van der Waals surface area (Å²) in [6.07, 6.45) is 4.72. The highest BCUT2D eigenvalue weighted by atomic mass is 16.8. The molecule has 4 fully saturated rings. The predicted molar refractivity (Wildman–Crippen MR) is 73.0 cm³/mol. The van der Waals surface area contributed by atoms with E-state index in [1.54, 1.807) is 0 Å². The molecular weight excluding hydrogens is 272 g/mol. The Bertz CT molecular complexity index is 460. The second-order valence-corrected chi connectivity index (χ2v) is 7.48. The van der Waals surface area contributed by atoms with Crippen LogP contribution in [0.2, 0.25) is 0 Å². The van der Waals surface area contributed by atoms with Gasteiger partial charge in [0.1, 0.15) is 0 Å². The van der Waals surface area contributed by atoms with Crippen LogP contribution in [0, 0.1) is 47.3 Å². The lowest BCUT2D eigenvalue weighted by atomic mass is 9.62. The average molecular weight is 296 g/mol. The molecule has 4 aliphatic carbocycles. The Balaban J connectivity index is 1.73. The molecule has 0 heterocycles. The van der Waals surface area contributed by atoms with Crippen molar-refractivity contribution in [3.63, 3.8) is 0 Å². The molecule has 21 heavy (non-hydrogen) atoms. The van der Waals surface area contributed by atoms with Crippen LogP contribution < -0.4 is 0 Å². The minimum Gasteiger partial charge on any atom is -0.481 e. The number of aliphatic hydroxyl groups is 1. The molecule has 4 saturated carbocycles. The second kappa shape index (κ2) is 4.43. The zero-order valence-electron chi connectivity index (χ0n) is 12.6. The Morgan fingerprint density at radius 2 is 1.62 bits per heavy atom. The summed E-state index contributed by atoms with van der Waals surface area (Å²) in [4.78, 5) is 11.9. The van der Waals surface area contributed by atoms with Crippen LogP contribution in [-0.2, 0) is 14.3 Å². The van der Waals surface area contributed by atoms with Crippen molar-refractivity contribution < 1.29 is 24.5 Å². The number of aliphatic carboxylic acids is 1. The fourth-order valence-corrected chi connectivity index (χ4v) is 6.77. The molecule has 0 spiro atoms. The molecule has 0 aromatic heterocycles. The number of carboxylic acid groups (broad SMARTS) is 1. The summed E-state index contributed by atoms with van der Waals surface area (Å²) in [5.74, 6) is -0.570.